The first-order chi connectivity index (χ1) is 12.2. The van der Waals surface area contributed by atoms with Gasteiger partial charge in [0.05, 0.1) is 9.98 Å². The van der Waals surface area contributed by atoms with E-state index in [-0.39, 0.29) is 24.7 Å². The van der Waals surface area contributed by atoms with Gasteiger partial charge in [-0.2, -0.15) is 0 Å². The third kappa shape index (κ3) is 15.6. The molecule has 0 aromatic heterocycles. The number of amides is 2. The summed E-state index contributed by atoms with van der Waals surface area (Å²) in [6.07, 6.45) is 5.93. The predicted octanol–water partition coefficient (Wildman–Crippen LogP) is 1.94. The Morgan fingerprint density at radius 3 is 1.23 bits per heavy atom. The Labute approximate surface area is 162 Å². The highest BCUT2D eigenvalue weighted by atomic mass is 32.1. The van der Waals surface area contributed by atoms with Crippen LogP contribution in [0.25, 0.3) is 0 Å². The highest BCUT2D eigenvalue weighted by molar-refractivity contribution is 7.80. The van der Waals surface area contributed by atoms with Crippen LogP contribution in [0.4, 0.5) is 0 Å². The number of unbranched alkanes of at least 4 members (excludes halogenated alkanes) is 3. The second kappa shape index (κ2) is 14.3. The number of nitrogens with one attached hydrogen (secondary N) is 2. The molecule has 2 aliphatic rings. The molecule has 0 aromatic rings. The molecular weight excluding hydrogens is 380 g/mol. The molecule has 146 valence electrons. The first-order valence-corrected chi connectivity index (χ1v) is 9.11. The highest BCUT2D eigenvalue weighted by Crippen LogP contribution is 2.05. The van der Waals surface area contributed by atoms with E-state index in [1.807, 2.05) is 0 Å². The van der Waals surface area contributed by atoms with Crippen molar-refractivity contribution in [2.75, 3.05) is 0 Å². The third-order valence-corrected chi connectivity index (χ3v) is 3.86. The monoisotopic (exact) mass is 404 g/mol. The molecule has 0 aromatic carbocycles. The van der Waals surface area contributed by atoms with E-state index >= 15 is 0 Å². The van der Waals surface area contributed by atoms with Gasteiger partial charge in [-0.25, -0.2) is 0 Å². The molecule has 2 fully saturated rings. The minimum Gasteiger partial charge on any atom is -0.481 e. The Morgan fingerprint density at radius 1 is 0.731 bits per heavy atom. The smallest absolute Gasteiger partial charge is 0.303 e. The molecule has 10 heteroatoms. The predicted molar refractivity (Wildman–Crippen MR) is 103 cm³/mol. The number of carbonyl (C=O) groups is 4. The highest BCUT2D eigenvalue weighted by Gasteiger charge is 2.12. The summed E-state index contributed by atoms with van der Waals surface area (Å²) in [5, 5.41) is 21.5. The Morgan fingerprint density at radius 2 is 1.08 bits per heavy atom. The largest absolute Gasteiger partial charge is 0.481 e. The van der Waals surface area contributed by atoms with Gasteiger partial charge in [-0.3, -0.25) is 19.2 Å². The van der Waals surface area contributed by atoms with E-state index in [0.29, 0.717) is 35.7 Å². The maximum absolute atomic E-state index is 10.3. The van der Waals surface area contributed by atoms with E-state index in [2.05, 4.69) is 35.1 Å². The van der Waals surface area contributed by atoms with E-state index in [1.54, 1.807) is 0 Å². The van der Waals surface area contributed by atoms with E-state index in [4.69, 9.17) is 10.2 Å². The van der Waals surface area contributed by atoms with Crippen molar-refractivity contribution < 1.29 is 29.4 Å². The molecule has 0 saturated carbocycles. The molecule has 2 rings (SSSR count). The van der Waals surface area contributed by atoms with Gasteiger partial charge < -0.3 is 20.8 Å². The maximum Gasteiger partial charge on any atom is 0.303 e. The zero-order valence-corrected chi connectivity index (χ0v) is 16.0. The first-order valence-electron chi connectivity index (χ1n) is 8.29. The Kier molecular flexibility index (Phi) is 13.2. The van der Waals surface area contributed by atoms with Crippen LogP contribution in [0.2, 0.25) is 0 Å². The first kappa shape index (κ1) is 24.1. The second-order valence-corrected chi connectivity index (χ2v) is 6.63. The number of rotatable bonds is 7. The van der Waals surface area contributed by atoms with Crippen LogP contribution in [-0.2, 0) is 19.2 Å². The summed E-state index contributed by atoms with van der Waals surface area (Å²) in [5.74, 6) is -1.45. The molecule has 2 amide bonds. The van der Waals surface area contributed by atoms with Crippen molar-refractivity contribution in [3.05, 3.63) is 0 Å². The van der Waals surface area contributed by atoms with E-state index in [1.165, 1.54) is 0 Å². The molecule has 0 radical (unpaired) electrons. The van der Waals surface area contributed by atoms with Crippen LogP contribution in [-0.4, -0.2) is 43.9 Å². The lowest BCUT2D eigenvalue weighted by Gasteiger charge is -1.96. The van der Waals surface area contributed by atoms with Gasteiger partial charge in [0.1, 0.15) is 0 Å². The van der Waals surface area contributed by atoms with Gasteiger partial charge in [0.15, 0.2) is 0 Å². The van der Waals surface area contributed by atoms with Gasteiger partial charge in [-0.1, -0.05) is 37.3 Å². The summed E-state index contributed by atoms with van der Waals surface area (Å²) in [6, 6.07) is 0. The van der Waals surface area contributed by atoms with E-state index < -0.39 is 11.9 Å². The van der Waals surface area contributed by atoms with Crippen LogP contribution >= 0.6 is 24.4 Å². The fraction of sp³-hybridized carbons (Fsp3) is 0.625. The molecule has 0 unspecified atom stereocenters. The number of hydrogen-bond acceptors (Lipinski definition) is 6. The fourth-order valence-electron chi connectivity index (χ4n) is 1.92. The van der Waals surface area contributed by atoms with Gasteiger partial charge in [-0.15, -0.1) is 0 Å². The van der Waals surface area contributed by atoms with Crippen molar-refractivity contribution in [3.63, 3.8) is 0 Å². The molecule has 0 aliphatic carbocycles. The summed E-state index contributed by atoms with van der Waals surface area (Å²) in [5.41, 5.74) is 0. The zero-order chi connectivity index (χ0) is 19.9. The number of thiocarbonyl (C=S) groups is 2. The van der Waals surface area contributed by atoms with Crippen molar-refractivity contribution in [1.82, 2.24) is 10.6 Å². The molecule has 8 nitrogen and oxygen atoms in total. The topological polar surface area (TPSA) is 133 Å². The van der Waals surface area contributed by atoms with Crippen molar-refractivity contribution >= 4 is 58.2 Å². The molecule has 0 spiro atoms. The molecular formula is C16H24N2O6S2. The van der Waals surface area contributed by atoms with Gasteiger partial charge in [0, 0.05) is 38.5 Å². The van der Waals surface area contributed by atoms with Crippen LogP contribution in [0.3, 0.4) is 0 Å². The lowest BCUT2D eigenvalue weighted by atomic mass is 10.1. The summed E-state index contributed by atoms with van der Waals surface area (Å²) in [7, 11) is 0. The average Bonchev–Trinajstić information content (AvgIpc) is 3.10. The molecule has 4 N–H and O–H groups in total. The summed E-state index contributed by atoms with van der Waals surface area (Å²) < 4.78 is 0. The van der Waals surface area contributed by atoms with Gasteiger partial charge in [-0.05, 0) is 12.8 Å². The van der Waals surface area contributed by atoms with Gasteiger partial charge in [0.25, 0.3) is 0 Å². The van der Waals surface area contributed by atoms with Gasteiger partial charge >= 0.3 is 11.9 Å². The number of carboxylic acids is 2. The molecule has 2 aliphatic heterocycles. The lowest BCUT2D eigenvalue weighted by molar-refractivity contribution is -0.138. The Hall–Kier alpha value is -1.94. The van der Waals surface area contributed by atoms with Crippen LogP contribution in [0.5, 0.6) is 0 Å². The fourth-order valence-corrected chi connectivity index (χ4v) is 2.35. The molecule has 2 heterocycles. The lowest BCUT2D eigenvalue weighted by Crippen LogP contribution is -2.17. The van der Waals surface area contributed by atoms with Crippen molar-refractivity contribution in [2.24, 2.45) is 0 Å². The summed E-state index contributed by atoms with van der Waals surface area (Å²) in [4.78, 5) is 42.0. The van der Waals surface area contributed by atoms with Crippen LogP contribution in [0.15, 0.2) is 0 Å². The van der Waals surface area contributed by atoms with Crippen LogP contribution < -0.4 is 10.6 Å². The van der Waals surface area contributed by atoms with E-state index in [9.17, 15) is 19.2 Å². The quantitative estimate of drug-likeness (QED) is 0.374. The third-order valence-electron chi connectivity index (χ3n) is 3.25. The van der Waals surface area contributed by atoms with Crippen molar-refractivity contribution in [3.8, 4) is 0 Å². The Bertz CT molecular complexity index is 475. The minimum absolute atomic E-state index is 0.0602. The van der Waals surface area contributed by atoms with Crippen molar-refractivity contribution in [2.45, 2.75) is 64.2 Å². The normalized spacial score (nSPS) is 15.2. The average molecular weight is 405 g/mol. The SMILES string of the molecule is O=C(O)CCCCCCC(=O)O.O=C1CCC(=S)N1.O=C1CCC(=S)N1. The number of carbonyl (C=O) groups excluding carboxylic acids is 2. The number of aliphatic carboxylic acids is 2. The number of hydrogen-bond donors (Lipinski definition) is 4. The van der Waals surface area contributed by atoms with Gasteiger partial charge in [0.2, 0.25) is 11.8 Å². The zero-order valence-electron chi connectivity index (χ0n) is 14.4. The molecule has 26 heavy (non-hydrogen) atoms. The maximum atomic E-state index is 10.3. The summed E-state index contributed by atoms with van der Waals surface area (Å²) in [6.45, 7) is 0. The molecule has 0 atom stereocenters. The molecule has 2 saturated heterocycles. The minimum atomic E-state index is -0.784. The van der Waals surface area contributed by atoms with Crippen LogP contribution in [0.1, 0.15) is 64.2 Å². The second-order valence-electron chi connectivity index (χ2n) is 5.64. The van der Waals surface area contributed by atoms with E-state index in [0.717, 1.165) is 25.7 Å². The molecule has 0 bridgehead atoms. The summed E-state index contributed by atoms with van der Waals surface area (Å²) >= 11 is 9.33. The Balaban J connectivity index is 0.000000381. The number of carboxylic acid groups (broad SMARTS) is 2. The standard InChI is InChI=1S/C8H14O4.2C4H5NOS/c9-7(10)5-3-1-2-4-6-8(11)12;2*6-3-1-2-4(7)5-3/h1-6H2,(H,9,10)(H,11,12);2*1-2H2,(H,5,6,7). The van der Waals surface area contributed by atoms with Crippen molar-refractivity contribution in [1.29, 1.82) is 0 Å². The van der Waals surface area contributed by atoms with Crippen LogP contribution in [0, 0.1) is 0 Å².